The fourth-order valence-corrected chi connectivity index (χ4v) is 3.89. The van der Waals surface area contributed by atoms with E-state index in [1.165, 1.54) is 12.8 Å². The molecule has 2 aromatic rings. The van der Waals surface area contributed by atoms with Crippen LogP contribution in [0.2, 0.25) is 0 Å². The number of rotatable bonds is 5. The molecule has 4 rings (SSSR count). The second kappa shape index (κ2) is 8.68. The minimum atomic E-state index is 0.0239. The van der Waals surface area contributed by atoms with Crippen LogP contribution in [-0.2, 0) is 4.79 Å². The second-order valence-electron chi connectivity index (χ2n) is 7.78. The van der Waals surface area contributed by atoms with Gasteiger partial charge in [-0.1, -0.05) is 18.2 Å². The number of ether oxygens (including phenoxy) is 1. The second-order valence-corrected chi connectivity index (χ2v) is 7.78. The van der Waals surface area contributed by atoms with Gasteiger partial charge in [-0.15, -0.1) is 0 Å². The smallest absolute Gasteiger partial charge is 0.260 e. The van der Waals surface area contributed by atoms with Crippen molar-refractivity contribution >= 4 is 17.7 Å². The van der Waals surface area contributed by atoms with Crippen LogP contribution in [0.5, 0.6) is 5.75 Å². The standard InChI is InChI=1S/C22H29N5O2/c1-17-7-3-4-8-19(17)29-16-21(28)26-11-13-27(14-12-26)22-23-18(2)15-20(24-22)25-9-5-6-10-25/h3-4,7-8,15H,5-6,9-14,16H2,1-2H3. The van der Waals surface area contributed by atoms with Gasteiger partial charge in [0.25, 0.3) is 5.91 Å². The van der Waals surface area contributed by atoms with Gasteiger partial charge in [0.2, 0.25) is 5.95 Å². The van der Waals surface area contributed by atoms with E-state index in [9.17, 15) is 4.79 Å². The Balaban J connectivity index is 1.33. The Morgan fingerprint density at radius 1 is 0.966 bits per heavy atom. The van der Waals surface area contributed by atoms with Gasteiger partial charge >= 0.3 is 0 Å². The highest BCUT2D eigenvalue weighted by Gasteiger charge is 2.24. The van der Waals surface area contributed by atoms with Crippen LogP contribution in [0.25, 0.3) is 0 Å². The first kappa shape index (κ1) is 19.5. The summed E-state index contributed by atoms with van der Waals surface area (Å²) in [6.45, 7) is 9.00. The number of aromatic nitrogens is 2. The first-order valence-electron chi connectivity index (χ1n) is 10.4. The van der Waals surface area contributed by atoms with E-state index in [1.54, 1.807) is 0 Å². The lowest BCUT2D eigenvalue weighted by atomic mass is 10.2. The maximum Gasteiger partial charge on any atom is 0.260 e. The van der Waals surface area contributed by atoms with Crippen molar-refractivity contribution in [2.75, 3.05) is 55.7 Å². The maximum absolute atomic E-state index is 12.6. The van der Waals surface area contributed by atoms with Gasteiger partial charge in [-0.3, -0.25) is 4.79 Å². The van der Waals surface area contributed by atoms with Crippen molar-refractivity contribution in [3.63, 3.8) is 0 Å². The summed E-state index contributed by atoms with van der Waals surface area (Å²) < 4.78 is 5.72. The number of nitrogens with zero attached hydrogens (tertiary/aromatic N) is 5. The highest BCUT2D eigenvalue weighted by atomic mass is 16.5. The topological polar surface area (TPSA) is 61.8 Å². The Morgan fingerprint density at radius 2 is 1.69 bits per heavy atom. The monoisotopic (exact) mass is 395 g/mol. The molecule has 0 saturated carbocycles. The number of para-hydroxylation sites is 1. The molecule has 1 aromatic heterocycles. The summed E-state index contributed by atoms with van der Waals surface area (Å²) in [5.74, 6) is 2.59. The van der Waals surface area contributed by atoms with E-state index in [0.29, 0.717) is 13.1 Å². The average molecular weight is 396 g/mol. The van der Waals surface area contributed by atoms with Crippen LogP contribution in [-0.4, -0.2) is 66.7 Å². The van der Waals surface area contributed by atoms with Gasteiger partial charge in [0, 0.05) is 51.0 Å². The molecule has 0 unspecified atom stereocenters. The van der Waals surface area contributed by atoms with Crippen LogP contribution in [0.3, 0.4) is 0 Å². The molecule has 1 aromatic carbocycles. The minimum Gasteiger partial charge on any atom is -0.484 e. The quantitative estimate of drug-likeness (QED) is 0.775. The molecule has 0 radical (unpaired) electrons. The average Bonchev–Trinajstić information content (AvgIpc) is 3.28. The fourth-order valence-electron chi connectivity index (χ4n) is 3.89. The molecule has 0 atom stereocenters. The minimum absolute atomic E-state index is 0.0239. The van der Waals surface area contributed by atoms with E-state index >= 15 is 0 Å². The molecule has 7 nitrogen and oxygen atoms in total. The number of aryl methyl sites for hydroxylation is 2. The maximum atomic E-state index is 12.6. The number of amides is 1. The van der Waals surface area contributed by atoms with Crippen molar-refractivity contribution in [1.82, 2.24) is 14.9 Å². The molecule has 0 spiro atoms. The van der Waals surface area contributed by atoms with E-state index in [1.807, 2.05) is 43.0 Å². The lowest BCUT2D eigenvalue weighted by molar-refractivity contribution is -0.133. The van der Waals surface area contributed by atoms with Crippen LogP contribution in [0.15, 0.2) is 30.3 Å². The predicted octanol–water partition coefficient (Wildman–Crippen LogP) is 2.42. The van der Waals surface area contributed by atoms with Crippen molar-refractivity contribution in [2.45, 2.75) is 26.7 Å². The number of hydrogen-bond donors (Lipinski definition) is 0. The van der Waals surface area contributed by atoms with Crippen molar-refractivity contribution in [2.24, 2.45) is 0 Å². The normalized spacial score (nSPS) is 17.0. The van der Waals surface area contributed by atoms with Crippen LogP contribution in [0.1, 0.15) is 24.1 Å². The van der Waals surface area contributed by atoms with Crippen molar-refractivity contribution in [3.05, 3.63) is 41.6 Å². The Labute approximate surface area is 172 Å². The summed E-state index contributed by atoms with van der Waals surface area (Å²) in [5, 5.41) is 0. The largest absolute Gasteiger partial charge is 0.484 e. The molecule has 29 heavy (non-hydrogen) atoms. The molecule has 2 aliphatic rings. The molecule has 3 heterocycles. The van der Waals surface area contributed by atoms with Gasteiger partial charge in [-0.25, -0.2) is 4.98 Å². The fraction of sp³-hybridized carbons (Fsp3) is 0.500. The zero-order valence-corrected chi connectivity index (χ0v) is 17.3. The van der Waals surface area contributed by atoms with Crippen LogP contribution >= 0.6 is 0 Å². The van der Waals surface area contributed by atoms with E-state index in [-0.39, 0.29) is 12.5 Å². The first-order chi connectivity index (χ1) is 14.1. The van der Waals surface area contributed by atoms with Crippen LogP contribution in [0, 0.1) is 13.8 Å². The van der Waals surface area contributed by atoms with E-state index in [4.69, 9.17) is 9.72 Å². The third-order valence-corrected chi connectivity index (χ3v) is 5.62. The van der Waals surface area contributed by atoms with Gasteiger partial charge in [0.1, 0.15) is 11.6 Å². The Morgan fingerprint density at radius 3 is 2.41 bits per heavy atom. The van der Waals surface area contributed by atoms with Crippen molar-refractivity contribution < 1.29 is 9.53 Å². The lowest BCUT2D eigenvalue weighted by Crippen LogP contribution is -2.50. The Kier molecular flexibility index (Phi) is 5.83. The van der Waals surface area contributed by atoms with Gasteiger partial charge in [-0.05, 0) is 38.3 Å². The van der Waals surface area contributed by atoms with Gasteiger partial charge < -0.3 is 19.4 Å². The number of piperazine rings is 1. The Bertz CT molecular complexity index is 858. The molecular weight excluding hydrogens is 366 g/mol. The van der Waals surface area contributed by atoms with Crippen LogP contribution in [0.4, 0.5) is 11.8 Å². The van der Waals surface area contributed by atoms with E-state index in [2.05, 4.69) is 20.9 Å². The number of anilines is 2. The summed E-state index contributed by atoms with van der Waals surface area (Å²) in [5.41, 5.74) is 2.03. The third-order valence-electron chi connectivity index (χ3n) is 5.62. The summed E-state index contributed by atoms with van der Waals surface area (Å²) in [6.07, 6.45) is 2.45. The molecular formula is C22H29N5O2. The highest BCUT2D eigenvalue weighted by Crippen LogP contribution is 2.22. The molecule has 0 bridgehead atoms. The lowest BCUT2D eigenvalue weighted by Gasteiger charge is -2.35. The van der Waals surface area contributed by atoms with Gasteiger partial charge in [0.05, 0.1) is 0 Å². The van der Waals surface area contributed by atoms with Gasteiger partial charge in [-0.2, -0.15) is 4.98 Å². The molecule has 0 aliphatic carbocycles. The molecule has 2 aliphatic heterocycles. The Hall–Kier alpha value is -2.83. The van der Waals surface area contributed by atoms with Crippen molar-refractivity contribution in [1.29, 1.82) is 0 Å². The number of hydrogen-bond acceptors (Lipinski definition) is 6. The molecule has 1 amide bonds. The summed E-state index contributed by atoms with van der Waals surface area (Å²) in [4.78, 5) is 28.4. The molecule has 154 valence electrons. The molecule has 7 heteroatoms. The highest BCUT2D eigenvalue weighted by molar-refractivity contribution is 5.78. The van der Waals surface area contributed by atoms with E-state index < -0.39 is 0 Å². The van der Waals surface area contributed by atoms with Crippen molar-refractivity contribution in [3.8, 4) is 5.75 Å². The summed E-state index contributed by atoms with van der Waals surface area (Å²) >= 11 is 0. The zero-order valence-electron chi connectivity index (χ0n) is 17.3. The summed E-state index contributed by atoms with van der Waals surface area (Å²) in [6, 6.07) is 9.83. The summed E-state index contributed by atoms with van der Waals surface area (Å²) in [7, 11) is 0. The van der Waals surface area contributed by atoms with Crippen LogP contribution < -0.4 is 14.5 Å². The first-order valence-corrected chi connectivity index (χ1v) is 10.4. The predicted molar refractivity (Wildman–Crippen MR) is 114 cm³/mol. The SMILES string of the molecule is Cc1cc(N2CCCC2)nc(N2CCN(C(=O)COc3ccccc3C)CC2)n1. The molecule has 2 fully saturated rings. The van der Waals surface area contributed by atoms with Gasteiger partial charge in [0.15, 0.2) is 6.61 Å². The molecule has 2 saturated heterocycles. The molecule has 0 N–H and O–H groups in total. The zero-order chi connectivity index (χ0) is 20.2. The number of benzene rings is 1. The third kappa shape index (κ3) is 4.60. The number of carbonyl (C=O) groups is 1. The van der Waals surface area contributed by atoms with E-state index in [0.717, 1.165) is 55.0 Å². The number of carbonyl (C=O) groups excluding carboxylic acids is 1.